The molecular formula is C19H19N3O5. The van der Waals surface area contributed by atoms with Crippen molar-refractivity contribution in [2.24, 2.45) is 5.10 Å². The van der Waals surface area contributed by atoms with Gasteiger partial charge in [0.2, 0.25) is 6.79 Å². The summed E-state index contributed by atoms with van der Waals surface area (Å²) in [5.74, 6) is 1.02. The van der Waals surface area contributed by atoms with Crippen LogP contribution in [0.15, 0.2) is 41.5 Å². The van der Waals surface area contributed by atoms with Gasteiger partial charge in [-0.3, -0.25) is 9.59 Å². The minimum atomic E-state index is -0.438. The number of ether oxygens (including phenoxy) is 3. The van der Waals surface area contributed by atoms with Gasteiger partial charge in [0.05, 0.1) is 19.9 Å². The van der Waals surface area contributed by atoms with Crippen molar-refractivity contribution in [3.05, 3.63) is 53.1 Å². The van der Waals surface area contributed by atoms with E-state index < -0.39 is 11.8 Å². The summed E-state index contributed by atoms with van der Waals surface area (Å²) in [4.78, 5) is 23.9. The number of carbonyl (C=O) groups excluding carboxylic acids is 2. The molecule has 0 saturated heterocycles. The van der Waals surface area contributed by atoms with Gasteiger partial charge < -0.3 is 19.5 Å². The van der Waals surface area contributed by atoms with E-state index in [1.807, 2.05) is 25.1 Å². The molecule has 2 N–H and O–H groups in total. The molecule has 8 heteroatoms. The normalized spacial score (nSPS) is 12.1. The molecule has 140 valence electrons. The Balaban J connectivity index is 1.49. The van der Waals surface area contributed by atoms with Crippen LogP contribution in [0.3, 0.4) is 0 Å². The van der Waals surface area contributed by atoms with Crippen molar-refractivity contribution in [2.45, 2.75) is 6.92 Å². The van der Waals surface area contributed by atoms with Crippen LogP contribution < -0.4 is 25.0 Å². The lowest BCUT2D eigenvalue weighted by Gasteiger charge is -2.06. The van der Waals surface area contributed by atoms with Crippen molar-refractivity contribution in [3.8, 4) is 17.2 Å². The highest BCUT2D eigenvalue weighted by Crippen LogP contribution is 2.32. The van der Waals surface area contributed by atoms with Crippen LogP contribution in [0.25, 0.3) is 0 Å². The molecule has 1 aliphatic heterocycles. The molecule has 0 aliphatic carbocycles. The topological polar surface area (TPSA) is 98.2 Å². The number of rotatable bonds is 6. The number of hydrazone groups is 1. The van der Waals surface area contributed by atoms with Crippen molar-refractivity contribution in [3.63, 3.8) is 0 Å². The molecule has 8 nitrogen and oxygen atoms in total. The van der Waals surface area contributed by atoms with Crippen molar-refractivity contribution in [2.75, 3.05) is 20.4 Å². The zero-order valence-electron chi connectivity index (χ0n) is 14.9. The van der Waals surface area contributed by atoms with Gasteiger partial charge in [-0.15, -0.1) is 0 Å². The van der Waals surface area contributed by atoms with E-state index in [4.69, 9.17) is 14.2 Å². The van der Waals surface area contributed by atoms with E-state index in [1.165, 1.54) is 6.21 Å². The Hall–Kier alpha value is -3.55. The number of benzene rings is 2. The fraction of sp³-hybridized carbons (Fsp3) is 0.211. The summed E-state index contributed by atoms with van der Waals surface area (Å²) in [7, 11) is 1.60. The first-order chi connectivity index (χ1) is 13.1. The summed E-state index contributed by atoms with van der Waals surface area (Å²) < 4.78 is 15.6. The molecular weight excluding hydrogens is 350 g/mol. The standard InChI is InChI=1S/C19H19N3O5/c1-12-7-15(25-2)5-3-14(12)9-21-22-18(23)10-20-19(24)13-4-6-16-17(8-13)27-11-26-16/h3-9H,10-11H2,1-2H3,(H,20,24)(H,22,23)/b21-9-. The first-order valence-corrected chi connectivity index (χ1v) is 8.21. The van der Waals surface area contributed by atoms with Crippen molar-refractivity contribution >= 4 is 18.0 Å². The Morgan fingerprint density at radius 2 is 2.00 bits per heavy atom. The second kappa shape index (κ2) is 8.22. The lowest BCUT2D eigenvalue weighted by atomic mass is 10.1. The predicted octanol–water partition coefficient (Wildman–Crippen LogP) is 1.61. The third-order valence-electron chi connectivity index (χ3n) is 3.91. The van der Waals surface area contributed by atoms with E-state index in [-0.39, 0.29) is 13.3 Å². The Bertz CT molecular complexity index is 895. The number of amides is 2. The van der Waals surface area contributed by atoms with Gasteiger partial charge in [-0.1, -0.05) is 0 Å². The summed E-state index contributed by atoms with van der Waals surface area (Å²) in [6.07, 6.45) is 1.53. The van der Waals surface area contributed by atoms with Crippen molar-refractivity contribution in [1.82, 2.24) is 10.7 Å². The molecule has 2 amide bonds. The minimum absolute atomic E-state index is 0.133. The first kappa shape index (κ1) is 18.2. The Morgan fingerprint density at radius 1 is 1.19 bits per heavy atom. The maximum atomic E-state index is 12.1. The Kier molecular flexibility index (Phi) is 5.55. The zero-order chi connectivity index (χ0) is 19.2. The van der Waals surface area contributed by atoms with Gasteiger partial charge in [-0.05, 0) is 54.4 Å². The Labute approximate surface area is 156 Å². The summed E-state index contributed by atoms with van der Waals surface area (Å²) >= 11 is 0. The van der Waals surface area contributed by atoms with E-state index >= 15 is 0 Å². The molecule has 0 saturated carbocycles. The third-order valence-corrected chi connectivity index (χ3v) is 3.91. The average Bonchev–Trinajstić information content (AvgIpc) is 3.15. The number of hydrogen-bond donors (Lipinski definition) is 2. The van der Waals surface area contributed by atoms with E-state index in [0.29, 0.717) is 17.1 Å². The van der Waals surface area contributed by atoms with Gasteiger partial charge in [-0.2, -0.15) is 5.10 Å². The molecule has 0 radical (unpaired) electrons. The number of carbonyl (C=O) groups is 2. The molecule has 2 aromatic rings. The molecule has 0 aromatic heterocycles. The maximum absolute atomic E-state index is 12.1. The van der Waals surface area contributed by atoms with Gasteiger partial charge in [0.25, 0.3) is 11.8 Å². The van der Waals surface area contributed by atoms with E-state index in [2.05, 4.69) is 15.8 Å². The number of hydrogen-bond acceptors (Lipinski definition) is 6. The molecule has 1 aliphatic rings. The zero-order valence-corrected chi connectivity index (χ0v) is 14.9. The summed E-state index contributed by atoms with van der Waals surface area (Å²) in [5.41, 5.74) is 4.56. The van der Waals surface area contributed by atoms with Crippen LogP contribution >= 0.6 is 0 Å². The molecule has 0 spiro atoms. The highest BCUT2D eigenvalue weighted by molar-refractivity contribution is 5.97. The lowest BCUT2D eigenvalue weighted by molar-refractivity contribution is -0.120. The SMILES string of the molecule is COc1ccc(/C=N\NC(=O)CNC(=O)c2ccc3c(c2)OCO3)c(C)c1. The molecule has 2 aromatic carbocycles. The van der Waals surface area contributed by atoms with Crippen LogP contribution in [0.1, 0.15) is 21.5 Å². The van der Waals surface area contributed by atoms with Gasteiger partial charge in [0, 0.05) is 5.56 Å². The fourth-order valence-corrected chi connectivity index (χ4v) is 2.43. The van der Waals surface area contributed by atoms with E-state index in [0.717, 1.165) is 16.9 Å². The molecule has 3 rings (SSSR count). The van der Waals surface area contributed by atoms with Crippen LogP contribution in [0.5, 0.6) is 17.2 Å². The molecule has 27 heavy (non-hydrogen) atoms. The van der Waals surface area contributed by atoms with Crippen molar-refractivity contribution < 1.29 is 23.8 Å². The molecule has 0 unspecified atom stereocenters. The monoisotopic (exact) mass is 369 g/mol. The number of fused-ring (bicyclic) bond motifs is 1. The second-order valence-corrected chi connectivity index (χ2v) is 5.77. The van der Waals surface area contributed by atoms with Crippen LogP contribution in [-0.4, -0.2) is 38.5 Å². The average molecular weight is 369 g/mol. The van der Waals surface area contributed by atoms with Gasteiger partial charge >= 0.3 is 0 Å². The predicted molar refractivity (Wildman–Crippen MR) is 98.4 cm³/mol. The van der Waals surface area contributed by atoms with E-state index in [1.54, 1.807) is 25.3 Å². The minimum Gasteiger partial charge on any atom is -0.497 e. The van der Waals surface area contributed by atoms with Crippen LogP contribution in [-0.2, 0) is 4.79 Å². The number of nitrogens with zero attached hydrogens (tertiary/aromatic N) is 1. The Morgan fingerprint density at radius 3 is 2.78 bits per heavy atom. The van der Waals surface area contributed by atoms with Gasteiger partial charge in [0.1, 0.15) is 5.75 Å². The second-order valence-electron chi connectivity index (χ2n) is 5.77. The van der Waals surface area contributed by atoms with Crippen LogP contribution in [0, 0.1) is 6.92 Å². The summed E-state index contributed by atoms with van der Waals surface area (Å²) in [6, 6.07) is 10.3. The largest absolute Gasteiger partial charge is 0.497 e. The van der Waals surface area contributed by atoms with Crippen molar-refractivity contribution in [1.29, 1.82) is 0 Å². The first-order valence-electron chi connectivity index (χ1n) is 8.21. The molecule has 0 bridgehead atoms. The third kappa shape index (κ3) is 4.55. The summed E-state index contributed by atoms with van der Waals surface area (Å²) in [6.45, 7) is 1.85. The van der Waals surface area contributed by atoms with Crippen LogP contribution in [0.4, 0.5) is 0 Å². The lowest BCUT2D eigenvalue weighted by Crippen LogP contribution is -2.34. The number of methoxy groups -OCH3 is 1. The smallest absolute Gasteiger partial charge is 0.259 e. The van der Waals surface area contributed by atoms with E-state index in [9.17, 15) is 9.59 Å². The molecule has 1 heterocycles. The summed E-state index contributed by atoms with van der Waals surface area (Å²) in [5, 5.41) is 6.43. The molecule has 0 atom stereocenters. The highest BCUT2D eigenvalue weighted by atomic mass is 16.7. The van der Waals surface area contributed by atoms with Gasteiger partial charge in [-0.25, -0.2) is 5.43 Å². The number of nitrogens with one attached hydrogen (secondary N) is 2. The quantitative estimate of drug-likeness (QED) is 0.595. The molecule has 0 fully saturated rings. The number of aryl methyl sites for hydroxylation is 1. The maximum Gasteiger partial charge on any atom is 0.259 e. The van der Waals surface area contributed by atoms with Crippen LogP contribution in [0.2, 0.25) is 0 Å². The highest BCUT2D eigenvalue weighted by Gasteiger charge is 2.16. The fourth-order valence-electron chi connectivity index (χ4n) is 2.43. The van der Waals surface area contributed by atoms with Gasteiger partial charge in [0.15, 0.2) is 11.5 Å².